The van der Waals surface area contributed by atoms with Gasteiger partial charge in [0.15, 0.2) is 0 Å². The largest absolute Gasteiger partial charge is 0.0496 e. The lowest BCUT2D eigenvalue weighted by atomic mass is 9.52. The maximum absolute atomic E-state index is 1.63. The number of hydrogen-bond donors (Lipinski definition) is 0. The fourth-order valence-corrected chi connectivity index (χ4v) is 5.82. The zero-order chi connectivity index (χ0) is 7.76. The second-order valence-corrected chi connectivity index (χ2v) is 5.76. The van der Waals surface area contributed by atoms with Crippen molar-refractivity contribution in [2.24, 2.45) is 29.1 Å². The minimum absolute atomic E-state index is 0.972. The van der Waals surface area contributed by atoms with Crippen molar-refractivity contribution >= 4 is 0 Å². The van der Waals surface area contributed by atoms with Gasteiger partial charge in [-0.3, -0.25) is 0 Å². The van der Waals surface area contributed by atoms with Crippen LogP contribution in [0.5, 0.6) is 0 Å². The van der Waals surface area contributed by atoms with Crippen molar-refractivity contribution in [3.63, 3.8) is 0 Å². The van der Waals surface area contributed by atoms with Gasteiger partial charge in [-0.25, -0.2) is 0 Å². The van der Waals surface area contributed by atoms with E-state index in [9.17, 15) is 0 Å². The van der Waals surface area contributed by atoms with E-state index < -0.39 is 0 Å². The minimum atomic E-state index is 0.972. The van der Waals surface area contributed by atoms with Crippen molar-refractivity contribution in [2.75, 3.05) is 0 Å². The topological polar surface area (TPSA) is 0 Å². The molecular weight excluding hydrogens is 144 g/mol. The third kappa shape index (κ3) is 0.438. The van der Waals surface area contributed by atoms with Crippen LogP contribution in [0.1, 0.15) is 44.9 Å². The first-order valence-corrected chi connectivity index (χ1v) is 5.92. The molecule has 0 heterocycles. The molecule has 66 valence electrons. The van der Waals surface area contributed by atoms with Crippen molar-refractivity contribution in [3.05, 3.63) is 0 Å². The third-order valence-electron chi connectivity index (χ3n) is 5.99. The molecule has 0 amide bonds. The Balaban J connectivity index is 1.87. The van der Waals surface area contributed by atoms with Gasteiger partial charge in [0.1, 0.15) is 0 Å². The molecule has 1 spiro atoms. The molecule has 0 radical (unpaired) electrons. The number of rotatable bonds is 0. The summed E-state index contributed by atoms with van der Waals surface area (Å²) in [5, 5.41) is 0. The molecule has 4 aliphatic rings. The molecule has 0 nitrogen and oxygen atoms in total. The molecule has 4 rings (SSSR count). The second kappa shape index (κ2) is 1.76. The molecule has 1 unspecified atom stereocenters. The van der Waals surface area contributed by atoms with E-state index in [2.05, 4.69) is 0 Å². The summed E-state index contributed by atoms with van der Waals surface area (Å²) < 4.78 is 0. The van der Waals surface area contributed by atoms with Gasteiger partial charge in [-0.1, -0.05) is 0 Å². The molecule has 0 heteroatoms. The van der Waals surface area contributed by atoms with Crippen molar-refractivity contribution < 1.29 is 0 Å². The van der Waals surface area contributed by atoms with E-state index in [1.54, 1.807) is 44.9 Å². The Morgan fingerprint density at radius 3 is 1.50 bits per heavy atom. The summed E-state index contributed by atoms with van der Waals surface area (Å²) in [5.41, 5.74) is 0.972. The summed E-state index contributed by atoms with van der Waals surface area (Å²) in [6.45, 7) is 0. The smallest absolute Gasteiger partial charge is 0.0184 e. The highest BCUT2D eigenvalue weighted by Gasteiger charge is 2.69. The van der Waals surface area contributed by atoms with Gasteiger partial charge < -0.3 is 0 Å². The molecule has 4 saturated carbocycles. The quantitative estimate of drug-likeness (QED) is 0.513. The molecule has 0 aliphatic heterocycles. The van der Waals surface area contributed by atoms with Gasteiger partial charge in [-0.2, -0.15) is 0 Å². The molecule has 4 fully saturated rings. The summed E-state index contributed by atoms with van der Waals surface area (Å²) in [6.07, 6.45) is 11.3. The van der Waals surface area contributed by atoms with Crippen LogP contribution in [0.15, 0.2) is 0 Å². The lowest BCUT2D eigenvalue weighted by Gasteiger charge is -2.52. The first-order chi connectivity index (χ1) is 5.92. The molecule has 0 aromatic heterocycles. The highest BCUT2D eigenvalue weighted by Crippen LogP contribution is 2.77. The van der Waals surface area contributed by atoms with Crippen LogP contribution < -0.4 is 0 Å². The van der Waals surface area contributed by atoms with Crippen molar-refractivity contribution in [1.82, 2.24) is 0 Å². The van der Waals surface area contributed by atoms with Gasteiger partial charge in [0, 0.05) is 0 Å². The molecule has 0 aromatic rings. The average molecular weight is 162 g/mol. The van der Waals surface area contributed by atoms with E-state index in [4.69, 9.17) is 0 Å². The van der Waals surface area contributed by atoms with Gasteiger partial charge in [0.25, 0.3) is 0 Å². The minimum Gasteiger partial charge on any atom is -0.0496 e. The monoisotopic (exact) mass is 162 g/mol. The summed E-state index contributed by atoms with van der Waals surface area (Å²) in [7, 11) is 0. The lowest BCUT2D eigenvalue weighted by Crippen LogP contribution is -2.46. The predicted octanol–water partition coefficient (Wildman–Crippen LogP) is 3.22. The van der Waals surface area contributed by atoms with E-state index in [-0.39, 0.29) is 0 Å². The molecular formula is C12H18. The Morgan fingerprint density at radius 1 is 0.583 bits per heavy atom. The van der Waals surface area contributed by atoms with Crippen LogP contribution >= 0.6 is 0 Å². The van der Waals surface area contributed by atoms with Crippen LogP contribution in [-0.4, -0.2) is 0 Å². The van der Waals surface area contributed by atoms with E-state index in [0.29, 0.717) is 0 Å². The zero-order valence-electron chi connectivity index (χ0n) is 7.76. The third-order valence-corrected chi connectivity index (χ3v) is 5.99. The normalized spacial score (nSPS) is 66.0. The summed E-state index contributed by atoms with van der Waals surface area (Å²) in [4.78, 5) is 0. The van der Waals surface area contributed by atoms with Gasteiger partial charge in [-0.05, 0) is 74.0 Å². The molecule has 0 saturated heterocycles. The Kier molecular flexibility index (Phi) is 0.946. The fourth-order valence-electron chi connectivity index (χ4n) is 5.82. The molecule has 0 N–H and O–H groups in total. The standard InChI is InChI=1S/C12H18/c1-2-9-4-6-11-7-10-5-3-8(1)12(9,10)11/h8-11H,1-7H2/t8-,9+,10-,11-,12?/m1/s1. The average Bonchev–Trinajstić information content (AvgIpc) is 2.60. The zero-order valence-corrected chi connectivity index (χ0v) is 7.76. The highest BCUT2D eigenvalue weighted by molar-refractivity contribution is 5.18. The second-order valence-electron chi connectivity index (χ2n) is 5.76. The first kappa shape index (κ1) is 6.45. The Hall–Kier alpha value is 0. The van der Waals surface area contributed by atoms with E-state index >= 15 is 0 Å². The fraction of sp³-hybridized carbons (Fsp3) is 1.00. The van der Waals surface area contributed by atoms with Crippen LogP contribution in [0.2, 0.25) is 0 Å². The van der Waals surface area contributed by atoms with Crippen molar-refractivity contribution in [3.8, 4) is 0 Å². The molecule has 0 bridgehead atoms. The molecule has 5 atom stereocenters. The van der Waals surface area contributed by atoms with Gasteiger partial charge in [0.2, 0.25) is 0 Å². The first-order valence-electron chi connectivity index (χ1n) is 5.92. The van der Waals surface area contributed by atoms with Crippen LogP contribution in [-0.2, 0) is 0 Å². The lowest BCUT2D eigenvalue weighted by molar-refractivity contribution is -0.0436. The Bertz CT molecular complexity index is 202. The Labute approximate surface area is 74.7 Å². The van der Waals surface area contributed by atoms with Gasteiger partial charge in [-0.15, -0.1) is 0 Å². The van der Waals surface area contributed by atoms with Crippen LogP contribution in [0.4, 0.5) is 0 Å². The highest BCUT2D eigenvalue weighted by atomic mass is 14.7. The summed E-state index contributed by atoms with van der Waals surface area (Å²) in [6, 6.07) is 0. The number of hydrogen-bond acceptors (Lipinski definition) is 0. The van der Waals surface area contributed by atoms with Crippen LogP contribution in [0, 0.1) is 29.1 Å². The maximum atomic E-state index is 1.63. The van der Waals surface area contributed by atoms with E-state index in [1.807, 2.05) is 0 Å². The van der Waals surface area contributed by atoms with E-state index in [1.165, 1.54) is 23.7 Å². The predicted molar refractivity (Wildman–Crippen MR) is 48.7 cm³/mol. The van der Waals surface area contributed by atoms with Crippen molar-refractivity contribution in [1.29, 1.82) is 0 Å². The summed E-state index contributed by atoms with van der Waals surface area (Å²) >= 11 is 0. The molecule has 12 heavy (non-hydrogen) atoms. The summed E-state index contributed by atoms with van der Waals surface area (Å²) in [5.74, 6) is 4.83. The van der Waals surface area contributed by atoms with Gasteiger partial charge >= 0.3 is 0 Å². The van der Waals surface area contributed by atoms with Gasteiger partial charge in [0.05, 0.1) is 0 Å². The molecule has 0 aromatic carbocycles. The molecule has 4 aliphatic carbocycles. The van der Waals surface area contributed by atoms with E-state index in [0.717, 1.165) is 5.41 Å². The SMILES string of the molecule is C1C[C@H]2CC[C@@H]3C[C@H]4CC[C@@H]1C243. The van der Waals surface area contributed by atoms with Crippen LogP contribution in [0.3, 0.4) is 0 Å². The maximum Gasteiger partial charge on any atom is -0.0184 e. The van der Waals surface area contributed by atoms with Crippen LogP contribution in [0.25, 0.3) is 0 Å². The Morgan fingerprint density at radius 2 is 1.00 bits per heavy atom. The van der Waals surface area contributed by atoms with Crippen molar-refractivity contribution in [2.45, 2.75) is 44.9 Å².